The highest BCUT2D eigenvalue weighted by Gasteiger charge is 2.17. The van der Waals surface area contributed by atoms with Crippen LogP contribution in [-0.4, -0.2) is 34.6 Å². The van der Waals surface area contributed by atoms with Gasteiger partial charge in [-0.25, -0.2) is 4.98 Å². The third kappa shape index (κ3) is 3.44. The van der Waals surface area contributed by atoms with Crippen LogP contribution in [0.4, 0.5) is 5.82 Å². The number of hydrogen-bond donors (Lipinski definition) is 2. The monoisotopic (exact) mass is 251 g/mol. The van der Waals surface area contributed by atoms with Gasteiger partial charge in [0, 0.05) is 17.3 Å². The highest BCUT2D eigenvalue weighted by Crippen LogP contribution is 2.17. The van der Waals surface area contributed by atoms with Gasteiger partial charge >= 0.3 is 5.97 Å². The van der Waals surface area contributed by atoms with Crippen molar-refractivity contribution in [2.75, 3.05) is 11.4 Å². The molecule has 0 aliphatic heterocycles. The first-order chi connectivity index (χ1) is 8.31. The van der Waals surface area contributed by atoms with Crippen LogP contribution in [0.25, 0.3) is 0 Å². The lowest BCUT2D eigenvalue weighted by Gasteiger charge is -2.26. The Morgan fingerprint density at radius 2 is 2.06 bits per heavy atom. The number of carbonyl (C=O) groups excluding carboxylic acids is 1. The van der Waals surface area contributed by atoms with Crippen LogP contribution in [0, 0.1) is 6.92 Å². The fraction of sp³-hybridized carbons (Fsp3) is 0.417. The van der Waals surface area contributed by atoms with Crippen LogP contribution in [0.2, 0.25) is 0 Å². The summed E-state index contributed by atoms with van der Waals surface area (Å²) in [5.41, 5.74) is 6.18. The molecule has 0 atom stereocenters. The molecule has 0 aromatic carbocycles. The Labute approximate surface area is 105 Å². The molecule has 6 nitrogen and oxygen atoms in total. The highest BCUT2D eigenvalue weighted by molar-refractivity contribution is 5.93. The zero-order valence-corrected chi connectivity index (χ0v) is 10.7. The first kappa shape index (κ1) is 14.0. The molecule has 1 heterocycles. The number of amides is 1. The van der Waals surface area contributed by atoms with Crippen LogP contribution in [0.15, 0.2) is 12.1 Å². The van der Waals surface area contributed by atoms with Crippen molar-refractivity contribution in [3.63, 3.8) is 0 Å². The lowest BCUT2D eigenvalue weighted by molar-refractivity contribution is -0.135. The normalized spacial score (nSPS) is 10.4. The molecule has 98 valence electrons. The summed E-state index contributed by atoms with van der Waals surface area (Å²) in [6.45, 7) is 5.27. The number of carboxylic acids is 1. The minimum atomic E-state index is -0.951. The van der Waals surface area contributed by atoms with E-state index in [9.17, 15) is 9.59 Å². The Balaban J connectivity index is 3.19. The fourth-order valence-corrected chi connectivity index (χ4v) is 1.61. The molecule has 0 spiro atoms. The number of aryl methyl sites for hydroxylation is 1. The van der Waals surface area contributed by atoms with Gasteiger partial charge in [-0.1, -0.05) is 0 Å². The number of carbonyl (C=O) groups is 2. The second-order valence-corrected chi connectivity index (χ2v) is 4.34. The summed E-state index contributed by atoms with van der Waals surface area (Å²) >= 11 is 0. The maximum absolute atomic E-state index is 11.2. The van der Waals surface area contributed by atoms with E-state index in [-0.39, 0.29) is 12.6 Å². The molecule has 18 heavy (non-hydrogen) atoms. The molecule has 3 N–H and O–H groups in total. The van der Waals surface area contributed by atoms with Crippen LogP contribution in [-0.2, 0) is 4.79 Å². The number of nitrogens with two attached hydrogens (primary N) is 1. The van der Waals surface area contributed by atoms with Gasteiger partial charge < -0.3 is 15.7 Å². The van der Waals surface area contributed by atoms with Crippen LogP contribution < -0.4 is 10.6 Å². The lowest BCUT2D eigenvalue weighted by atomic mass is 10.2. The molecule has 1 amide bonds. The molecule has 0 bridgehead atoms. The fourth-order valence-electron chi connectivity index (χ4n) is 1.61. The van der Waals surface area contributed by atoms with Gasteiger partial charge in [0.15, 0.2) is 0 Å². The lowest BCUT2D eigenvalue weighted by Crippen LogP contribution is -2.36. The molecular weight excluding hydrogens is 234 g/mol. The van der Waals surface area contributed by atoms with Gasteiger partial charge in [0.2, 0.25) is 5.91 Å². The minimum absolute atomic E-state index is 0.0453. The maximum atomic E-state index is 11.2. The summed E-state index contributed by atoms with van der Waals surface area (Å²) in [6, 6.07) is 3.04. The Hall–Kier alpha value is -2.11. The molecular formula is C12H17N3O3. The van der Waals surface area contributed by atoms with E-state index in [1.54, 1.807) is 17.9 Å². The van der Waals surface area contributed by atoms with Gasteiger partial charge in [0.25, 0.3) is 0 Å². The molecule has 0 aliphatic carbocycles. The van der Waals surface area contributed by atoms with Gasteiger partial charge in [-0.05, 0) is 32.9 Å². The van der Waals surface area contributed by atoms with Gasteiger partial charge in [-0.15, -0.1) is 0 Å². The average Bonchev–Trinajstić information content (AvgIpc) is 2.24. The predicted molar refractivity (Wildman–Crippen MR) is 67.6 cm³/mol. The topological polar surface area (TPSA) is 96.5 Å². The first-order valence-corrected chi connectivity index (χ1v) is 5.58. The Kier molecular flexibility index (Phi) is 4.25. The number of carboxylic acid groups (broad SMARTS) is 1. The van der Waals surface area contributed by atoms with E-state index in [1.165, 1.54) is 6.07 Å². The van der Waals surface area contributed by atoms with Crippen LogP contribution in [0.3, 0.4) is 0 Å². The number of hydrogen-bond acceptors (Lipinski definition) is 4. The average molecular weight is 251 g/mol. The third-order valence-corrected chi connectivity index (χ3v) is 2.45. The molecule has 0 radical (unpaired) electrons. The molecule has 0 fully saturated rings. The second kappa shape index (κ2) is 5.48. The SMILES string of the molecule is Cc1cc(C(N)=O)cc(N(CC(=O)O)C(C)C)n1. The van der Waals surface area contributed by atoms with Crippen LogP contribution in [0.5, 0.6) is 0 Å². The summed E-state index contributed by atoms with van der Waals surface area (Å²) in [5.74, 6) is -1.06. The van der Waals surface area contributed by atoms with E-state index in [2.05, 4.69) is 4.98 Å². The molecule has 1 aromatic heterocycles. The van der Waals surface area contributed by atoms with E-state index in [0.29, 0.717) is 17.1 Å². The van der Waals surface area contributed by atoms with Gasteiger partial charge in [-0.2, -0.15) is 0 Å². The predicted octanol–water partition coefficient (Wildman–Crippen LogP) is 0.788. The molecule has 0 unspecified atom stereocenters. The van der Waals surface area contributed by atoms with Crippen molar-refractivity contribution < 1.29 is 14.7 Å². The summed E-state index contributed by atoms with van der Waals surface area (Å²) in [5, 5.41) is 8.88. The van der Waals surface area contributed by atoms with E-state index in [1.807, 2.05) is 13.8 Å². The van der Waals surface area contributed by atoms with E-state index in [0.717, 1.165) is 0 Å². The molecule has 0 aliphatic rings. The zero-order chi connectivity index (χ0) is 13.9. The third-order valence-electron chi connectivity index (χ3n) is 2.45. The van der Waals surface area contributed by atoms with Gasteiger partial charge in [-0.3, -0.25) is 9.59 Å². The Bertz CT molecular complexity index is 472. The van der Waals surface area contributed by atoms with Crippen molar-refractivity contribution in [2.24, 2.45) is 5.73 Å². The largest absolute Gasteiger partial charge is 0.480 e. The van der Waals surface area contributed by atoms with Crippen molar-refractivity contribution in [1.82, 2.24) is 4.98 Å². The number of anilines is 1. The number of pyridine rings is 1. The molecule has 6 heteroatoms. The quantitative estimate of drug-likeness (QED) is 0.806. The van der Waals surface area contributed by atoms with Crippen LogP contribution >= 0.6 is 0 Å². The number of primary amides is 1. The van der Waals surface area contributed by atoms with Crippen molar-refractivity contribution >= 4 is 17.7 Å². The minimum Gasteiger partial charge on any atom is -0.480 e. The smallest absolute Gasteiger partial charge is 0.323 e. The van der Waals surface area contributed by atoms with Crippen LogP contribution in [0.1, 0.15) is 29.9 Å². The Morgan fingerprint density at radius 3 is 2.50 bits per heavy atom. The summed E-state index contributed by atoms with van der Waals surface area (Å²) < 4.78 is 0. The standard InChI is InChI=1S/C12H17N3O3/c1-7(2)15(6-11(16)17)10-5-9(12(13)18)4-8(3)14-10/h4-5,7H,6H2,1-3H3,(H2,13,18)(H,16,17). The summed E-state index contributed by atoms with van der Waals surface area (Å²) in [4.78, 5) is 27.9. The van der Waals surface area contributed by atoms with Crippen molar-refractivity contribution in [1.29, 1.82) is 0 Å². The summed E-state index contributed by atoms with van der Waals surface area (Å²) in [7, 11) is 0. The van der Waals surface area contributed by atoms with Crippen molar-refractivity contribution in [3.05, 3.63) is 23.4 Å². The first-order valence-electron chi connectivity index (χ1n) is 5.58. The Morgan fingerprint density at radius 1 is 1.44 bits per heavy atom. The van der Waals surface area contributed by atoms with Gasteiger partial charge in [0.05, 0.1) is 0 Å². The number of rotatable bonds is 5. The van der Waals surface area contributed by atoms with E-state index in [4.69, 9.17) is 10.8 Å². The van der Waals surface area contributed by atoms with Crippen molar-refractivity contribution in [2.45, 2.75) is 26.8 Å². The van der Waals surface area contributed by atoms with E-state index < -0.39 is 11.9 Å². The maximum Gasteiger partial charge on any atom is 0.323 e. The number of aliphatic carboxylic acids is 1. The molecule has 1 aromatic rings. The van der Waals surface area contributed by atoms with Gasteiger partial charge in [0.1, 0.15) is 12.4 Å². The number of aromatic nitrogens is 1. The zero-order valence-electron chi connectivity index (χ0n) is 10.7. The highest BCUT2D eigenvalue weighted by atomic mass is 16.4. The number of nitrogens with zero attached hydrogens (tertiary/aromatic N) is 2. The van der Waals surface area contributed by atoms with Crippen molar-refractivity contribution in [3.8, 4) is 0 Å². The van der Waals surface area contributed by atoms with E-state index >= 15 is 0 Å². The summed E-state index contributed by atoms with van der Waals surface area (Å²) in [6.07, 6.45) is 0. The second-order valence-electron chi connectivity index (χ2n) is 4.34. The molecule has 0 saturated carbocycles. The molecule has 0 saturated heterocycles. The molecule has 1 rings (SSSR count).